The van der Waals surface area contributed by atoms with Crippen LogP contribution in [-0.2, 0) is 21.7 Å². The summed E-state index contributed by atoms with van der Waals surface area (Å²) < 4.78 is 27.1. The summed E-state index contributed by atoms with van der Waals surface area (Å²) in [5.74, 6) is 0.450. The lowest BCUT2D eigenvalue weighted by Gasteiger charge is -2.21. The molecule has 0 radical (unpaired) electrons. The topological polar surface area (TPSA) is 85.2 Å². The molecule has 128 valence electrons. The standard InChI is InChI=1S/C16H20N4O3S/c1-11(15(21)19(2)13-7-5-4-6-8-13)24(22,23)16-18-17-14(20(16)3)12-9-10-12/h4-8,11-12H,9-10H2,1-3H3. The Hall–Kier alpha value is -2.22. The number of nitrogens with zero attached hydrogens (tertiary/aromatic N) is 4. The number of hydrogen-bond donors (Lipinski definition) is 0. The van der Waals surface area contributed by atoms with E-state index in [0.717, 1.165) is 12.8 Å². The smallest absolute Gasteiger partial charge is 0.250 e. The normalized spacial score (nSPS) is 16.0. The minimum atomic E-state index is -3.91. The minimum Gasteiger partial charge on any atom is -0.314 e. The molecule has 3 rings (SSSR count). The van der Waals surface area contributed by atoms with E-state index in [2.05, 4.69) is 10.2 Å². The van der Waals surface area contributed by atoms with Crippen LogP contribution in [0.15, 0.2) is 35.5 Å². The molecule has 0 spiro atoms. The van der Waals surface area contributed by atoms with Gasteiger partial charge in [0.05, 0.1) is 0 Å². The van der Waals surface area contributed by atoms with E-state index in [1.54, 1.807) is 38.4 Å². The molecule has 1 aliphatic rings. The van der Waals surface area contributed by atoms with Gasteiger partial charge in [-0.25, -0.2) is 8.42 Å². The molecule has 1 aromatic carbocycles. The number of aromatic nitrogens is 3. The zero-order valence-electron chi connectivity index (χ0n) is 13.9. The van der Waals surface area contributed by atoms with E-state index >= 15 is 0 Å². The largest absolute Gasteiger partial charge is 0.314 e. The Morgan fingerprint density at radius 3 is 2.46 bits per heavy atom. The van der Waals surface area contributed by atoms with Crippen LogP contribution < -0.4 is 4.90 Å². The first-order valence-electron chi connectivity index (χ1n) is 7.80. The summed E-state index contributed by atoms with van der Waals surface area (Å²) in [5, 5.41) is 6.45. The molecule has 1 aliphatic carbocycles. The Kier molecular flexibility index (Phi) is 4.16. The van der Waals surface area contributed by atoms with Gasteiger partial charge in [0, 0.05) is 25.7 Å². The van der Waals surface area contributed by atoms with Crippen molar-refractivity contribution in [1.82, 2.24) is 14.8 Å². The average Bonchev–Trinajstić information content (AvgIpc) is 3.35. The van der Waals surface area contributed by atoms with E-state index in [-0.39, 0.29) is 11.1 Å². The molecule has 1 unspecified atom stereocenters. The van der Waals surface area contributed by atoms with Crippen LogP contribution in [0.25, 0.3) is 0 Å². The Labute approximate surface area is 141 Å². The van der Waals surface area contributed by atoms with Crippen molar-refractivity contribution < 1.29 is 13.2 Å². The number of rotatable bonds is 5. The Morgan fingerprint density at radius 1 is 1.25 bits per heavy atom. The SMILES string of the molecule is CC(C(=O)N(C)c1ccccc1)S(=O)(=O)c1nnc(C2CC2)n1C. The maximum Gasteiger partial charge on any atom is 0.250 e. The Morgan fingerprint density at radius 2 is 1.88 bits per heavy atom. The fourth-order valence-electron chi connectivity index (χ4n) is 2.61. The molecule has 0 aliphatic heterocycles. The summed E-state index contributed by atoms with van der Waals surface area (Å²) in [6, 6.07) is 8.93. The van der Waals surface area contributed by atoms with Crippen LogP contribution in [0.3, 0.4) is 0 Å². The Balaban J connectivity index is 1.87. The molecule has 1 heterocycles. The summed E-state index contributed by atoms with van der Waals surface area (Å²) in [5.41, 5.74) is 0.640. The van der Waals surface area contributed by atoms with E-state index in [4.69, 9.17) is 0 Å². The number of hydrogen-bond acceptors (Lipinski definition) is 5. The van der Waals surface area contributed by atoms with Gasteiger partial charge in [0.1, 0.15) is 11.1 Å². The highest BCUT2D eigenvalue weighted by molar-refractivity contribution is 7.92. The van der Waals surface area contributed by atoms with E-state index in [1.807, 2.05) is 6.07 Å². The minimum absolute atomic E-state index is 0.147. The highest BCUT2D eigenvalue weighted by atomic mass is 32.2. The van der Waals surface area contributed by atoms with E-state index < -0.39 is 21.0 Å². The summed E-state index contributed by atoms with van der Waals surface area (Å²) in [6.07, 6.45) is 1.99. The van der Waals surface area contributed by atoms with Crippen molar-refractivity contribution in [3.8, 4) is 0 Å². The van der Waals surface area contributed by atoms with Gasteiger partial charge in [0.25, 0.3) is 0 Å². The number of carbonyl (C=O) groups is 1. The van der Waals surface area contributed by atoms with Crippen LogP contribution >= 0.6 is 0 Å². The Bertz CT molecular complexity index is 857. The van der Waals surface area contributed by atoms with Crippen molar-refractivity contribution >= 4 is 21.4 Å². The number of benzene rings is 1. The number of carbonyl (C=O) groups excluding carboxylic acids is 1. The van der Waals surface area contributed by atoms with Gasteiger partial charge in [0.2, 0.25) is 20.9 Å². The zero-order valence-corrected chi connectivity index (χ0v) is 14.7. The predicted molar refractivity (Wildman–Crippen MR) is 89.5 cm³/mol. The van der Waals surface area contributed by atoms with Crippen LogP contribution in [0.1, 0.15) is 31.5 Å². The molecule has 0 bridgehead atoms. The molecule has 1 fully saturated rings. The van der Waals surface area contributed by atoms with E-state index in [1.165, 1.54) is 16.4 Å². The zero-order chi connectivity index (χ0) is 17.5. The molecule has 1 amide bonds. The van der Waals surface area contributed by atoms with Crippen LogP contribution in [0.5, 0.6) is 0 Å². The second kappa shape index (κ2) is 6.01. The number of para-hydroxylation sites is 1. The van der Waals surface area contributed by atoms with E-state index in [9.17, 15) is 13.2 Å². The third kappa shape index (κ3) is 2.82. The van der Waals surface area contributed by atoms with Gasteiger partial charge in [-0.2, -0.15) is 0 Å². The van der Waals surface area contributed by atoms with Crippen LogP contribution in [-0.4, -0.2) is 41.4 Å². The first kappa shape index (κ1) is 16.6. The molecule has 24 heavy (non-hydrogen) atoms. The van der Waals surface area contributed by atoms with Gasteiger partial charge >= 0.3 is 0 Å². The fraction of sp³-hybridized carbons (Fsp3) is 0.438. The summed E-state index contributed by atoms with van der Waals surface area (Å²) >= 11 is 0. The average molecular weight is 348 g/mol. The molecule has 7 nitrogen and oxygen atoms in total. The molecule has 1 aromatic heterocycles. The lowest BCUT2D eigenvalue weighted by Crippen LogP contribution is -2.40. The second-order valence-corrected chi connectivity index (χ2v) is 8.26. The van der Waals surface area contributed by atoms with Crippen molar-refractivity contribution in [1.29, 1.82) is 0 Å². The van der Waals surface area contributed by atoms with Gasteiger partial charge in [-0.15, -0.1) is 10.2 Å². The number of amides is 1. The van der Waals surface area contributed by atoms with Crippen LogP contribution in [0.2, 0.25) is 0 Å². The summed E-state index contributed by atoms with van der Waals surface area (Å²) in [4.78, 5) is 14.0. The molecule has 1 saturated carbocycles. The van der Waals surface area contributed by atoms with Crippen molar-refractivity contribution in [2.75, 3.05) is 11.9 Å². The molecule has 1 atom stereocenters. The quantitative estimate of drug-likeness (QED) is 0.818. The van der Waals surface area contributed by atoms with Crippen molar-refractivity contribution in [3.63, 3.8) is 0 Å². The number of anilines is 1. The highest BCUT2D eigenvalue weighted by Gasteiger charge is 2.38. The summed E-state index contributed by atoms with van der Waals surface area (Å²) in [6.45, 7) is 1.39. The van der Waals surface area contributed by atoms with E-state index in [0.29, 0.717) is 11.5 Å². The van der Waals surface area contributed by atoms with Gasteiger partial charge < -0.3 is 9.47 Å². The van der Waals surface area contributed by atoms with Gasteiger partial charge in [-0.3, -0.25) is 4.79 Å². The van der Waals surface area contributed by atoms with Crippen molar-refractivity contribution in [2.24, 2.45) is 7.05 Å². The van der Waals surface area contributed by atoms with Crippen molar-refractivity contribution in [2.45, 2.75) is 36.1 Å². The molecule has 0 N–H and O–H groups in total. The first-order valence-corrected chi connectivity index (χ1v) is 9.34. The molecule has 0 saturated heterocycles. The molecular weight excluding hydrogens is 328 g/mol. The maximum atomic E-state index is 12.8. The van der Waals surface area contributed by atoms with Gasteiger partial charge in [-0.1, -0.05) is 18.2 Å². The molecular formula is C16H20N4O3S. The van der Waals surface area contributed by atoms with Gasteiger partial charge in [0.15, 0.2) is 0 Å². The van der Waals surface area contributed by atoms with Gasteiger partial charge in [-0.05, 0) is 31.9 Å². The monoisotopic (exact) mass is 348 g/mol. The fourth-order valence-corrected chi connectivity index (χ4v) is 3.98. The van der Waals surface area contributed by atoms with Crippen LogP contribution in [0.4, 0.5) is 5.69 Å². The third-order valence-corrected chi connectivity index (χ3v) is 6.35. The maximum absolute atomic E-state index is 12.8. The molecule has 8 heteroatoms. The lowest BCUT2D eigenvalue weighted by atomic mass is 10.3. The lowest BCUT2D eigenvalue weighted by molar-refractivity contribution is -0.117. The second-order valence-electron chi connectivity index (χ2n) is 6.09. The molecule has 2 aromatic rings. The third-order valence-electron chi connectivity index (χ3n) is 4.35. The predicted octanol–water partition coefficient (Wildman–Crippen LogP) is 1.52. The number of sulfone groups is 1. The first-order chi connectivity index (χ1) is 11.3. The highest BCUT2D eigenvalue weighted by Crippen LogP contribution is 2.39. The van der Waals surface area contributed by atoms with Crippen molar-refractivity contribution in [3.05, 3.63) is 36.2 Å². The van der Waals surface area contributed by atoms with Crippen LogP contribution in [0, 0.1) is 0 Å². The summed E-state index contributed by atoms with van der Waals surface area (Å²) in [7, 11) is -0.706.